The fourth-order valence-corrected chi connectivity index (χ4v) is 1.76. The maximum atomic E-state index is 11.6. The van der Waals surface area contributed by atoms with Crippen LogP contribution in [0.15, 0.2) is 29.4 Å². The molecule has 1 aromatic rings. The quantitative estimate of drug-likeness (QED) is 0.292. The average molecular weight is 349 g/mol. The van der Waals surface area contributed by atoms with Crippen LogP contribution in [0.5, 0.6) is 5.75 Å². The molecule has 0 unspecified atom stereocenters. The van der Waals surface area contributed by atoms with E-state index in [2.05, 4.69) is 15.8 Å². The van der Waals surface area contributed by atoms with Gasteiger partial charge in [0, 0.05) is 13.2 Å². The lowest BCUT2D eigenvalue weighted by Gasteiger charge is -2.07. The van der Waals surface area contributed by atoms with E-state index in [1.165, 1.54) is 6.21 Å². The zero-order valence-corrected chi connectivity index (χ0v) is 15.1. The second-order valence-electron chi connectivity index (χ2n) is 5.65. The van der Waals surface area contributed by atoms with E-state index in [9.17, 15) is 9.59 Å². The van der Waals surface area contributed by atoms with Crippen LogP contribution in [0.2, 0.25) is 0 Å². The third-order valence-electron chi connectivity index (χ3n) is 3.00. The van der Waals surface area contributed by atoms with Crippen LogP contribution in [-0.4, -0.2) is 43.9 Å². The van der Waals surface area contributed by atoms with E-state index in [4.69, 9.17) is 9.47 Å². The molecule has 0 radical (unpaired) electrons. The van der Waals surface area contributed by atoms with Gasteiger partial charge >= 0.3 is 11.8 Å². The Balaban J connectivity index is 2.27. The molecule has 2 N–H and O–H groups in total. The molecule has 0 bridgehead atoms. The molecule has 0 saturated heterocycles. The van der Waals surface area contributed by atoms with Crippen molar-refractivity contribution >= 4 is 18.0 Å². The first-order chi connectivity index (χ1) is 12.0. The highest BCUT2D eigenvalue weighted by molar-refractivity contribution is 6.35. The molecular weight excluding hydrogens is 322 g/mol. The van der Waals surface area contributed by atoms with Crippen molar-refractivity contribution in [3.05, 3.63) is 29.8 Å². The number of amides is 2. The maximum Gasteiger partial charge on any atom is 0.329 e. The molecule has 0 fully saturated rings. The Kier molecular flexibility index (Phi) is 9.92. The molecule has 0 saturated carbocycles. The maximum absolute atomic E-state index is 11.6. The third-order valence-corrected chi connectivity index (χ3v) is 3.00. The minimum absolute atomic E-state index is 0.153. The van der Waals surface area contributed by atoms with Crippen molar-refractivity contribution in [2.75, 3.05) is 19.8 Å². The Hall–Kier alpha value is -2.41. The molecule has 1 rings (SSSR count). The summed E-state index contributed by atoms with van der Waals surface area (Å²) >= 11 is 0. The van der Waals surface area contributed by atoms with Crippen LogP contribution in [0.4, 0.5) is 0 Å². The van der Waals surface area contributed by atoms with Crippen LogP contribution in [0, 0.1) is 0 Å². The van der Waals surface area contributed by atoms with Crippen molar-refractivity contribution in [3.63, 3.8) is 0 Å². The normalized spacial score (nSPS) is 10.9. The minimum atomic E-state index is -0.802. The van der Waals surface area contributed by atoms with Gasteiger partial charge < -0.3 is 14.8 Å². The van der Waals surface area contributed by atoms with Crippen molar-refractivity contribution < 1.29 is 19.1 Å². The molecule has 138 valence electrons. The number of ether oxygens (including phenoxy) is 2. The third kappa shape index (κ3) is 9.46. The van der Waals surface area contributed by atoms with Crippen LogP contribution < -0.4 is 15.5 Å². The zero-order valence-electron chi connectivity index (χ0n) is 15.1. The number of benzene rings is 1. The van der Waals surface area contributed by atoms with Gasteiger partial charge in [-0.1, -0.05) is 6.92 Å². The van der Waals surface area contributed by atoms with E-state index in [1.54, 1.807) is 0 Å². The molecule has 0 aliphatic heterocycles. The number of carbonyl (C=O) groups is 2. The lowest BCUT2D eigenvalue weighted by molar-refractivity contribution is -0.139. The number of nitrogens with zero attached hydrogens (tertiary/aromatic N) is 1. The van der Waals surface area contributed by atoms with Gasteiger partial charge in [0.15, 0.2) is 0 Å². The van der Waals surface area contributed by atoms with E-state index in [0.29, 0.717) is 26.2 Å². The summed E-state index contributed by atoms with van der Waals surface area (Å²) in [6.07, 6.45) is 3.21. The summed E-state index contributed by atoms with van der Waals surface area (Å²) in [7, 11) is 0. The molecule has 0 aliphatic carbocycles. The van der Waals surface area contributed by atoms with Crippen LogP contribution in [0.1, 0.15) is 39.2 Å². The molecule has 0 heterocycles. The zero-order chi connectivity index (χ0) is 18.5. The molecule has 25 heavy (non-hydrogen) atoms. The van der Waals surface area contributed by atoms with Gasteiger partial charge in [0.25, 0.3) is 0 Å². The summed E-state index contributed by atoms with van der Waals surface area (Å²) in [5, 5.41) is 6.28. The Morgan fingerprint density at radius 1 is 1.16 bits per heavy atom. The first kappa shape index (κ1) is 20.6. The Bertz CT molecular complexity index is 556. The molecule has 7 nitrogen and oxygen atoms in total. The summed E-state index contributed by atoms with van der Waals surface area (Å²) in [6.45, 7) is 7.50. The summed E-state index contributed by atoms with van der Waals surface area (Å²) in [5.74, 6) is -0.738. The summed E-state index contributed by atoms with van der Waals surface area (Å²) in [6, 6.07) is 7.28. The van der Waals surface area contributed by atoms with Gasteiger partial charge in [0.05, 0.1) is 18.9 Å². The van der Waals surface area contributed by atoms with Crippen molar-refractivity contribution in [2.24, 2.45) is 5.10 Å². The molecule has 1 aromatic carbocycles. The van der Waals surface area contributed by atoms with E-state index in [1.807, 2.05) is 45.0 Å². The number of hydrogen-bond acceptors (Lipinski definition) is 5. The molecule has 0 aliphatic rings. The predicted molar refractivity (Wildman–Crippen MR) is 96.7 cm³/mol. The second kappa shape index (κ2) is 12.0. The highest BCUT2D eigenvalue weighted by atomic mass is 16.5. The fourth-order valence-electron chi connectivity index (χ4n) is 1.76. The Morgan fingerprint density at radius 2 is 1.88 bits per heavy atom. The summed E-state index contributed by atoms with van der Waals surface area (Å²) in [4.78, 5) is 23.2. The molecule has 0 spiro atoms. The van der Waals surface area contributed by atoms with E-state index in [0.717, 1.165) is 17.7 Å². The SMILES string of the molecule is CCCOc1ccc(/C=N\NC(=O)C(=O)NCCCOC(C)C)cc1. The van der Waals surface area contributed by atoms with Crippen LogP contribution in [-0.2, 0) is 14.3 Å². The van der Waals surface area contributed by atoms with Gasteiger partial charge in [-0.3, -0.25) is 9.59 Å². The average Bonchev–Trinajstić information content (AvgIpc) is 2.60. The molecule has 7 heteroatoms. The van der Waals surface area contributed by atoms with Gasteiger partial charge in [-0.25, -0.2) is 5.43 Å². The van der Waals surface area contributed by atoms with Crippen molar-refractivity contribution in [1.82, 2.24) is 10.7 Å². The highest BCUT2D eigenvalue weighted by Crippen LogP contribution is 2.11. The number of nitrogens with one attached hydrogen (secondary N) is 2. The standard InChI is InChI=1S/C18H27N3O4/c1-4-11-25-16-8-6-15(7-9-16)13-20-21-18(23)17(22)19-10-5-12-24-14(2)3/h6-9,13-14H,4-5,10-12H2,1-3H3,(H,19,22)(H,21,23)/b20-13-. The lowest BCUT2D eigenvalue weighted by atomic mass is 10.2. The van der Waals surface area contributed by atoms with Gasteiger partial charge in [0.2, 0.25) is 0 Å². The molecule has 0 aromatic heterocycles. The van der Waals surface area contributed by atoms with Crippen LogP contribution in [0.25, 0.3) is 0 Å². The molecule has 0 atom stereocenters. The fraction of sp³-hybridized carbons (Fsp3) is 0.500. The first-order valence-electron chi connectivity index (χ1n) is 8.48. The Morgan fingerprint density at radius 3 is 2.52 bits per heavy atom. The van der Waals surface area contributed by atoms with E-state index >= 15 is 0 Å². The van der Waals surface area contributed by atoms with Crippen molar-refractivity contribution in [1.29, 1.82) is 0 Å². The number of rotatable bonds is 10. The van der Waals surface area contributed by atoms with Crippen molar-refractivity contribution in [2.45, 2.75) is 39.7 Å². The predicted octanol–water partition coefficient (Wildman–Crippen LogP) is 1.86. The smallest absolute Gasteiger partial charge is 0.329 e. The topological polar surface area (TPSA) is 89.0 Å². The highest BCUT2D eigenvalue weighted by Gasteiger charge is 2.11. The van der Waals surface area contributed by atoms with Crippen LogP contribution in [0.3, 0.4) is 0 Å². The molecule has 2 amide bonds. The number of carbonyl (C=O) groups excluding carboxylic acids is 2. The molecular formula is C18H27N3O4. The Labute approximate surface area is 148 Å². The minimum Gasteiger partial charge on any atom is -0.494 e. The van der Waals surface area contributed by atoms with Crippen LogP contribution >= 0.6 is 0 Å². The second-order valence-corrected chi connectivity index (χ2v) is 5.65. The lowest BCUT2D eigenvalue weighted by Crippen LogP contribution is -2.38. The van der Waals surface area contributed by atoms with Gasteiger partial charge in [-0.05, 0) is 56.5 Å². The summed E-state index contributed by atoms with van der Waals surface area (Å²) < 4.78 is 10.8. The van der Waals surface area contributed by atoms with Gasteiger partial charge in [-0.2, -0.15) is 5.10 Å². The van der Waals surface area contributed by atoms with E-state index in [-0.39, 0.29) is 6.10 Å². The summed E-state index contributed by atoms with van der Waals surface area (Å²) in [5.41, 5.74) is 2.98. The van der Waals surface area contributed by atoms with Crippen molar-refractivity contribution in [3.8, 4) is 5.75 Å². The van der Waals surface area contributed by atoms with Gasteiger partial charge in [-0.15, -0.1) is 0 Å². The largest absolute Gasteiger partial charge is 0.494 e. The van der Waals surface area contributed by atoms with Gasteiger partial charge in [0.1, 0.15) is 5.75 Å². The first-order valence-corrected chi connectivity index (χ1v) is 8.48. The monoisotopic (exact) mass is 349 g/mol. The van der Waals surface area contributed by atoms with E-state index < -0.39 is 11.8 Å². The number of hydrazone groups is 1. The number of hydrogen-bond donors (Lipinski definition) is 2.